The molecule has 0 aliphatic carbocycles. The molecule has 0 aromatic heterocycles. The fourth-order valence-electron chi connectivity index (χ4n) is 1.98. The third-order valence-corrected chi connectivity index (χ3v) is 4.53. The highest BCUT2D eigenvalue weighted by atomic mass is 79.9. The molecule has 0 bridgehead atoms. The third-order valence-electron chi connectivity index (χ3n) is 3.20. The molecule has 0 fully saturated rings. The van der Waals surface area contributed by atoms with Crippen LogP contribution in [0.2, 0.25) is 0 Å². The predicted octanol–water partition coefficient (Wildman–Crippen LogP) is 3.46. The minimum atomic E-state index is -0.460. The van der Waals surface area contributed by atoms with Crippen LogP contribution in [-0.2, 0) is 4.79 Å². The Bertz CT molecular complexity index is 827. The second-order valence-electron chi connectivity index (χ2n) is 4.88. The summed E-state index contributed by atoms with van der Waals surface area (Å²) >= 11 is 6.57. The summed E-state index contributed by atoms with van der Waals surface area (Å²) in [5, 5.41) is 13.9. The van der Waals surface area contributed by atoms with Crippen molar-refractivity contribution < 1.29 is 24.1 Å². The highest BCUT2D eigenvalue weighted by molar-refractivity contribution is 9.11. The van der Waals surface area contributed by atoms with Crippen molar-refractivity contribution >= 4 is 44.0 Å². The van der Waals surface area contributed by atoms with E-state index < -0.39 is 5.91 Å². The fraction of sp³-hybridized carbons (Fsp3) is 0.176. The molecule has 1 amide bonds. The summed E-state index contributed by atoms with van der Waals surface area (Å²) in [6, 6.07) is 8.61. The van der Waals surface area contributed by atoms with Crippen molar-refractivity contribution in [3.05, 3.63) is 44.8 Å². The van der Waals surface area contributed by atoms with Gasteiger partial charge in [-0.1, -0.05) is 12.1 Å². The monoisotopic (exact) mass is 486 g/mol. The first-order valence-electron chi connectivity index (χ1n) is 7.30. The number of carbonyl (C=O) groups is 1. The van der Waals surface area contributed by atoms with E-state index >= 15 is 0 Å². The van der Waals surface area contributed by atoms with E-state index in [2.05, 4.69) is 42.4 Å². The number of hydrogen-bond acceptors (Lipinski definition) is 6. The van der Waals surface area contributed by atoms with Gasteiger partial charge in [-0.2, -0.15) is 5.10 Å². The number of hydrogen-bond donors (Lipinski definition) is 2. The van der Waals surface area contributed by atoms with E-state index in [1.807, 2.05) is 0 Å². The summed E-state index contributed by atoms with van der Waals surface area (Å²) < 4.78 is 16.7. The molecule has 0 unspecified atom stereocenters. The van der Waals surface area contributed by atoms with Gasteiger partial charge in [0.25, 0.3) is 5.91 Å². The van der Waals surface area contributed by atoms with Gasteiger partial charge in [0.05, 0.1) is 24.9 Å². The van der Waals surface area contributed by atoms with E-state index in [1.54, 1.807) is 30.3 Å². The summed E-state index contributed by atoms with van der Waals surface area (Å²) in [7, 11) is 3.00. The van der Waals surface area contributed by atoms with E-state index in [0.717, 1.165) is 0 Å². The van der Waals surface area contributed by atoms with Crippen LogP contribution in [0, 0.1) is 0 Å². The number of aromatic hydroxyl groups is 1. The van der Waals surface area contributed by atoms with Crippen molar-refractivity contribution in [3.63, 3.8) is 0 Å². The van der Waals surface area contributed by atoms with Gasteiger partial charge in [-0.25, -0.2) is 5.43 Å². The molecule has 0 radical (unpaired) electrons. The number of rotatable bonds is 7. The van der Waals surface area contributed by atoms with Crippen LogP contribution in [0.4, 0.5) is 0 Å². The third kappa shape index (κ3) is 4.89. The zero-order valence-corrected chi connectivity index (χ0v) is 17.1. The van der Waals surface area contributed by atoms with Gasteiger partial charge in [0, 0.05) is 5.56 Å². The van der Waals surface area contributed by atoms with Gasteiger partial charge in [-0.05, 0) is 50.1 Å². The number of hydrazone groups is 1. The van der Waals surface area contributed by atoms with Gasteiger partial charge < -0.3 is 19.3 Å². The number of nitrogens with one attached hydrogen (secondary N) is 1. The molecule has 7 nitrogen and oxygen atoms in total. The lowest BCUT2D eigenvalue weighted by molar-refractivity contribution is -0.123. The maximum Gasteiger partial charge on any atom is 0.277 e. The highest BCUT2D eigenvalue weighted by Gasteiger charge is 2.14. The first kappa shape index (κ1) is 20.1. The number of carbonyl (C=O) groups excluding carboxylic acids is 1. The number of para-hydroxylation sites is 2. The van der Waals surface area contributed by atoms with Crippen molar-refractivity contribution in [3.8, 4) is 23.0 Å². The minimum absolute atomic E-state index is 0.0617. The molecular weight excluding hydrogens is 472 g/mol. The van der Waals surface area contributed by atoms with Gasteiger partial charge in [0.15, 0.2) is 23.9 Å². The molecule has 138 valence electrons. The maximum atomic E-state index is 11.8. The average molecular weight is 488 g/mol. The van der Waals surface area contributed by atoms with Gasteiger partial charge in [-0.3, -0.25) is 4.79 Å². The predicted molar refractivity (Wildman–Crippen MR) is 104 cm³/mol. The molecule has 0 aliphatic rings. The molecule has 0 saturated heterocycles. The number of amides is 1. The molecule has 0 aliphatic heterocycles. The molecule has 9 heteroatoms. The second kappa shape index (κ2) is 9.44. The Balaban J connectivity index is 1.97. The Morgan fingerprint density at radius 2 is 1.92 bits per heavy atom. The van der Waals surface area contributed by atoms with Crippen LogP contribution in [0.25, 0.3) is 0 Å². The highest BCUT2D eigenvalue weighted by Crippen LogP contribution is 2.41. The second-order valence-corrected chi connectivity index (χ2v) is 6.52. The number of nitrogens with zero attached hydrogens (tertiary/aromatic N) is 1. The van der Waals surface area contributed by atoms with Crippen LogP contribution in [0.15, 0.2) is 44.4 Å². The average Bonchev–Trinajstić information content (AvgIpc) is 2.64. The van der Waals surface area contributed by atoms with E-state index in [-0.39, 0.29) is 12.4 Å². The smallest absolute Gasteiger partial charge is 0.277 e. The molecule has 0 saturated carbocycles. The van der Waals surface area contributed by atoms with Crippen LogP contribution >= 0.6 is 31.9 Å². The lowest BCUT2D eigenvalue weighted by Crippen LogP contribution is -2.24. The molecule has 26 heavy (non-hydrogen) atoms. The largest absolute Gasteiger partial charge is 0.506 e. The van der Waals surface area contributed by atoms with E-state index in [4.69, 9.17) is 14.2 Å². The van der Waals surface area contributed by atoms with Gasteiger partial charge >= 0.3 is 0 Å². The Morgan fingerprint density at radius 3 is 2.58 bits per heavy atom. The molecule has 0 atom stereocenters. The first-order chi connectivity index (χ1) is 12.5. The number of phenolic OH excluding ortho intramolecular Hbond substituents is 1. The van der Waals surface area contributed by atoms with Crippen LogP contribution in [-0.4, -0.2) is 38.1 Å². The van der Waals surface area contributed by atoms with Crippen molar-refractivity contribution in [1.82, 2.24) is 5.43 Å². The standard InChI is InChI=1S/C17H16Br2N2O5/c1-24-12-5-3-4-6-13(12)26-9-14(22)21-20-8-10-7-11(18)17(25-2)15(19)16(10)23/h3-8,23H,9H2,1-2H3,(H,21,22). The lowest BCUT2D eigenvalue weighted by Gasteiger charge is -2.10. The van der Waals surface area contributed by atoms with Gasteiger partial charge in [-0.15, -0.1) is 0 Å². The number of benzene rings is 2. The lowest BCUT2D eigenvalue weighted by atomic mass is 10.2. The number of ether oxygens (including phenoxy) is 3. The van der Waals surface area contributed by atoms with Crippen LogP contribution in [0.3, 0.4) is 0 Å². The molecule has 0 spiro atoms. The Kier molecular flexibility index (Phi) is 7.28. The fourth-order valence-corrected chi connectivity index (χ4v) is 3.46. The summed E-state index contributed by atoms with van der Waals surface area (Å²) in [4.78, 5) is 11.8. The maximum absolute atomic E-state index is 11.8. The van der Waals surface area contributed by atoms with E-state index in [9.17, 15) is 9.90 Å². The zero-order chi connectivity index (χ0) is 19.1. The van der Waals surface area contributed by atoms with E-state index in [0.29, 0.717) is 31.8 Å². The van der Waals surface area contributed by atoms with Crippen molar-refractivity contribution in [2.75, 3.05) is 20.8 Å². The van der Waals surface area contributed by atoms with Crippen LogP contribution < -0.4 is 19.6 Å². The Labute approximate surface area is 167 Å². The van der Waals surface area contributed by atoms with Crippen molar-refractivity contribution in [1.29, 1.82) is 0 Å². The summed E-state index contributed by atoms with van der Waals surface area (Å²) in [5.41, 5.74) is 2.71. The number of methoxy groups -OCH3 is 2. The van der Waals surface area contributed by atoms with Crippen LogP contribution in [0.5, 0.6) is 23.0 Å². The quantitative estimate of drug-likeness (QED) is 0.461. The molecule has 0 heterocycles. The molecule has 2 rings (SSSR count). The summed E-state index contributed by atoms with van der Waals surface area (Å²) in [6.45, 7) is -0.236. The van der Waals surface area contributed by atoms with Crippen molar-refractivity contribution in [2.45, 2.75) is 0 Å². The minimum Gasteiger partial charge on any atom is -0.506 e. The normalized spacial score (nSPS) is 10.6. The Hall–Kier alpha value is -2.26. The molecule has 2 aromatic rings. The topological polar surface area (TPSA) is 89.4 Å². The number of phenols is 1. The summed E-state index contributed by atoms with van der Waals surface area (Å²) in [6.07, 6.45) is 1.31. The first-order valence-corrected chi connectivity index (χ1v) is 8.89. The van der Waals surface area contributed by atoms with Crippen molar-refractivity contribution in [2.24, 2.45) is 5.10 Å². The molecular formula is C17H16Br2N2O5. The summed E-state index contributed by atoms with van der Waals surface area (Å²) in [5.74, 6) is 0.914. The van der Waals surface area contributed by atoms with Gasteiger partial charge in [0.1, 0.15) is 10.2 Å². The molecule has 2 N–H and O–H groups in total. The number of halogens is 2. The van der Waals surface area contributed by atoms with Crippen LogP contribution in [0.1, 0.15) is 5.56 Å². The zero-order valence-electron chi connectivity index (χ0n) is 14.0. The molecule has 2 aromatic carbocycles. The van der Waals surface area contributed by atoms with E-state index in [1.165, 1.54) is 20.4 Å². The van der Waals surface area contributed by atoms with Gasteiger partial charge in [0.2, 0.25) is 0 Å². The SMILES string of the molecule is COc1ccccc1OCC(=O)NN=Cc1cc(Br)c(OC)c(Br)c1O. The Morgan fingerprint density at radius 1 is 1.23 bits per heavy atom.